The summed E-state index contributed by atoms with van der Waals surface area (Å²) in [6.07, 6.45) is 4.33. The lowest BCUT2D eigenvalue weighted by atomic mass is 9.97. The van der Waals surface area contributed by atoms with Gasteiger partial charge in [-0.05, 0) is 50.0 Å². The largest absolute Gasteiger partial charge is 0.374 e. The molecule has 0 saturated carbocycles. The third-order valence-corrected chi connectivity index (χ3v) is 3.84. The van der Waals surface area contributed by atoms with Gasteiger partial charge < -0.3 is 15.2 Å². The van der Waals surface area contributed by atoms with Crippen molar-refractivity contribution in [3.05, 3.63) is 24.5 Å². The van der Waals surface area contributed by atoms with Crippen molar-refractivity contribution in [2.24, 2.45) is 5.92 Å². The Morgan fingerprint density at radius 3 is 3.00 bits per heavy atom. The zero-order valence-electron chi connectivity index (χ0n) is 10.8. The Labute approximate surface area is 107 Å². The van der Waals surface area contributed by atoms with Gasteiger partial charge in [0.25, 0.3) is 0 Å². The minimum absolute atomic E-state index is 0.814. The highest BCUT2D eigenvalue weighted by molar-refractivity contribution is 5.78. The molecule has 0 spiro atoms. The van der Waals surface area contributed by atoms with Gasteiger partial charge in [0.05, 0.1) is 17.4 Å². The van der Waals surface area contributed by atoms with Crippen LogP contribution >= 0.6 is 0 Å². The summed E-state index contributed by atoms with van der Waals surface area (Å²) in [7, 11) is 2.18. The van der Waals surface area contributed by atoms with Crippen LogP contribution in [-0.2, 0) is 0 Å². The highest BCUT2D eigenvalue weighted by atomic mass is 15.1. The van der Waals surface area contributed by atoms with E-state index in [2.05, 4.69) is 45.4 Å². The van der Waals surface area contributed by atoms with Crippen LogP contribution in [0.5, 0.6) is 0 Å². The third-order valence-electron chi connectivity index (χ3n) is 3.84. The lowest BCUT2D eigenvalue weighted by Gasteiger charge is -2.28. The number of imidazole rings is 1. The molecule has 1 aliphatic heterocycles. The van der Waals surface area contributed by atoms with E-state index >= 15 is 0 Å². The van der Waals surface area contributed by atoms with Crippen molar-refractivity contribution in [3.63, 3.8) is 0 Å². The number of aromatic amines is 1. The number of hydrogen-bond acceptors (Lipinski definition) is 3. The average molecular weight is 244 g/mol. The van der Waals surface area contributed by atoms with E-state index in [1.807, 2.05) is 0 Å². The first-order chi connectivity index (χ1) is 8.83. The molecule has 2 N–H and O–H groups in total. The summed E-state index contributed by atoms with van der Waals surface area (Å²) in [6, 6.07) is 6.42. The van der Waals surface area contributed by atoms with Crippen molar-refractivity contribution >= 4 is 16.7 Å². The second-order valence-electron chi connectivity index (χ2n) is 5.18. The summed E-state index contributed by atoms with van der Waals surface area (Å²) in [6.45, 7) is 3.47. The van der Waals surface area contributed by atoms with Gasteiger partial charge in [0.15, 0.2) is 0 Å². The molecule has 2 heterocycles. The maximum Gasteiger partial charge on any atom is 0.0931 e. The number of hydrogen-bond donors (Lipinski definition) is 2. The van der Waals surface area contributed by atoms with Gasteiger partial charge in [-0.15, -0.1) is 0 Å². The first-order valence-electron chi connectivity index (χ1n) is 6.68. The van der Waals surface area contributed by atoms with Crippen molar-refractivity contribution in [1.82, 2.24) is 15.3 Å². The molecule has 1 aliphatic rings. The molecule has 0 unspecified atom stereocenters. The standard InChI is InChI=1S/C14H20N4/c1-18(9-11-4-6-15-7-5-11)12-2-3-13-14(8-12)17-10-16-13/h2-3,8,10-11,15H,4-7,9H2,1H3,(H,16,17). The molecule has 3 rings (SSSR count). The number of rotatable bonds is 3. The highest BCUT2D eigenvalue weighted by Crippen LogP contribution is 2.21. The Bertz CT molecular complexity index is 513. The number of benzene rings is 1. The molecular formula is C14H20N4. The molecular weight excluding hydrogens is 224 g/mol. The van der Waals surface area contributed by atoms with Gasteiger partial charge in [0.2, 0.25) is 0 Å². The van der Waals surface area contributed by atoms with Gasteiger partial charge in [0, 0.05) is 19.3 Å². The number of nitrogens with one attached hydrogen (secondary N) is 2. The molecule has 18 heavy (non-hydrogen) atoms. The van der Waals surface area contributed by atoms with Crippen LogP contribution < -0.4 is 10.2 Å². The van der Waals surface area contributed by atoms with Gasteiger partial charge in [-0.3, -0.25) is 0 Å². The second kappa shape index (κ2) is 4.98. The summed E-state index contributed by atoms with van der Waals surface area (Å²) < 4.78 is 0. The Kier molecular flexibility index (Phi) is 3.19. The molecule has 4 nitrogen and oxygen atoms in total. The van der Waals surface area contributed by atoms with E-state index in [-0.39, 0.29) is 0 Å². The molecule has 1 fully saturated rings. The smallest absolute Gasteiger partial charge is 0.0931 e. The van der Waals surface area contributed by atoms with Crippen molar-refractivity contribution in [1.29, 1.82) is 0 Å². The van der Waals surface area contributed by atoms with Gasteiger partial charge >= 0.3 is 0 Å². The predicted molar refractivity (Wildman–Crippen MR) is 75.0 cm³/mol. The van der Waals surface area contributed by atoms with E-state index in [9.17, 15) is 0 Å². The SMILES string of the molecule is CN(CC1CCNCC1)c1ccc2nc[nH]c2c1. The van der Waals surface area contributed by atoms with E-state index in [1.165, 1.54) is 18.5 Å². The second-order valence-corrected chi connectivity index (χ2v) is 5.18. The number of fused-ring (bicyclic) bond motifs is 1. The quantitative estimate of drug-likeness (QED) is 0.868. The molecule has 96 valence electrons. The zero-order chi connectivity index (χ0) is 12.4. The average Bonchev–Trinajstić information content (AvgIpc) is 2.87. The Morgan fingerprint density at radius 2 is 2.17 bits per heavy atom. The molecule has 1 aromatic carbocycles. The van der Waals surface area contributed by atoms with E-state index in [0.29, 0.717) is 0 Å². The van der Waals surface area contributed by atoms with Crippen LogP contribution in [0.1, 0.15) is 12.8 Å². The van der Waals surface area contributed by atoms with E-state index < -0.39 is 0 Å². The number of piperidine rings is 1. The lowest BCUT2D eigenvalue weighted by Crippen LogP contribution is -2.34. The van der Waals surface area contributed by atoms with E-state index in [4.69, 9.17) is 0 Å². The molecule has 0 bridgehead atoms. The van der Waals surface area contributed by atoms with E-state index in [0.717, 1.165) is 36.6 Å². The van der Waals surface area contributed by atoms with Crippen LogP contribution in [0, 0.1) is 5.92 Å². The number of nitrogens with zero attached hydrogens (tertiary/aromatic N) is 2. The van der Waals surface area contributed by atoms with Gasteiger partial charge in [-0.1, -0.05) is 0 Å². The fraction of sp³-hybridized carbons (Fsp3) is 0.500. The molecule has 0 atom stereocenters. The third kappa shape index (κ3) is 2.34. The molecule has 0 amide bonds. The molecule has 0 aliphatic carbocycles. The van der Waals surface area contributed by atoms with Crippen LogP contribution in [0.4, 0.5) is 5.69 Å². The summed E-state index contributed by atoms with van der Waals surface area (Å²) in [4.78, 5) is 9.78. The van der Waals surface area contributed by atoms with Gasteiger partial charge in [-0.2, -0.15) is 0 Å². The monoisotopic (exact) mass is 244 g/mol. The van der Waals surface area contributed by atoms with Gasteiger partial charge in [-0.25, -0.2) is 4.98 Å². The fourth-order valence-corrected chi connectivity index (χ4v) is 2.72. The lowest BCUT2D eigenvalue weighted by molar-refractivity contribution is 0.378. The zero-order valence-corrected chi connectivity index (χ0v) is 10.8. The van der Waals surface area contributed by atoms with Crippen LogP contribution in [0.3, 0.4) is 0 Å². The first-order valence-corrected chi connectivity index (χ1v) is 6.68. The highest BCUT2D eigenvalue weighted by Gasteiger charge is 2.15. The summed E-state index contributed by atoms with van der Waals surface area (Å²) in [5.41, 5.74) is 3.42. The molecule has 1 saturated heterocycles. The first kappa shape index (κ1) is 11.5. The van der Waals surface area contributed by atoms with Crippen LogP contribution in [0.2, 0.25) is 0 Å². The summed E-state index contributed by atoms with van der Waals surface area (Å²) in [5.74, 6) is 0.814. The normalized spacial score (nSPS) is 17.2. The predicted octanol–water partition coefficient (Wildman–Crippen LogP) is 2.00. The minimum Gasteiger partial charge on any atom is -0.374 e. The molecule has 1 aromatic heterocycles. The minimum atomic E-state index is 0.814. The molecule has 4 heteroatoms. The summed E-state index contributed by atoms with van der Waals surface area (Å²) in [5, 5.41) is 3.42. The van der Waals surface area contributed by atoms with Crippen LogP contribution in [-0.4, -0.2) is 36.6 Å². The van der Waals surface area contributed by atoms with Crippen molar-refractivity contribution < 1.29 is 0 Å². The fourth-order valence-electron chi connectivity index (χ4n) is 2.72. The Hall–Kier alpha value is -1.55. The number of H-pyrrole nitrogens is 1. The van der Waals surface area contributed by atoms with Crippen molar-refractivity contribution in [3.8, 4) is 0 Å². The van der Waals surface area contributed by atoms with Crippen molar-refractivity contribution in [2.75, 3.05) is 31.6 Å². The summed E-state index contributed by atoms with van der Waals surface area (Å²) >= 11 is 0. The van der Waals surface area contributed by atoms with Crippen molar-refractivity contribution in [2.45, 2.75) is 12.8 Å². The maximum atomic E-state index is 4.25. The molecule has 2 aromatic rings. The molecule has 0 radical (unpaired) electrons. The van der Waals surface area contributed by atoms with Gasteiger partial charge in [0.1, 0.15) is 0 Å². The maximum absolute atomic E-state index is 4.25. The Balaban J connectivity index is 1.72. The van der Waals surface area contributed by atoms with Crippen LogP contribution in [0.25, 0.3) is 11.0 Å². The number of anilines is 1. The van der Waals surface area contributed by atoms with E-state index in [1.54, 1.807) is 6.33 Å². The topological polar surface area (TPSA) is 44.0 Å². The number of aromatic nitrogens is 2. The Morgan fingerprint density at radius 1 is 1.33 bits per heavy atom. The van der Waals surface area contributed by atoms with Crippen LogP contribution in [0.15, 0.2) is 24.5 Å².